The minimum absolute atomic E-state index is 0.430. The van der Waals surface area contributed by atoms with E-state index in [4.69, 9.17) is 36.7 Å². The topological polar surface area (TPSA) is 131 Å². The van der Waals surface area contributed by atoms with Crippen LogP contribution in [-0.4, -0.2) is 37.9 Å². The van der Waals surface area contributed by atoms with Crippen LogP contribution in [0.2, 0.25) is 0 Å². The molecule has 4 aromatic heterocycles. The number of piperidine rings is 1. The number of nitrogens with two attached hydrogens (primary N) is 2. The van der Waals surface area contributed by atoms with Crippen LogP contribution < -0.4 is 11.5 Å². The van der Waals surface area contributed by atoms with Crippen LogP contribution in [0.15, 0.2) is 109 Å². The van der Waals surface area contributed by atoms with Crippen LogP contribution >= 0.6 is 0 Å². The first kappa shape index (κ1) is 36.2. The minimum atomic E-state index is 0.430. The van der Waals surface area contributed by atoms with Crippen LogP contribution in [0.4, 0.5) is 11.6 Å². The lowest BCUT2D eigenvalue weighted by atomic mass is 9.98. The molecule has 1 fully saturated rings. The van der Waals surface area contributed by atoms with Crippen LogP contribution in [0.25, 0.3) is 43.6 Å². The highest BCUT2D eigenvalue weighted by molar-refractivity contribution is 6.09. The molecule has 0 unspecified atom stereocenters. The van der Waals surface area contributed by atoms with Gasteiger partial charge in [-0.25, -0.2) is 9.97 Å². The zero-order chi connectivity index (χ0) is 38.7. The molecule has 1 aliphatic heterocycles. The Labute approximate surface area is 333 Å². The number of likely N-dealkylation sites (tertiary alicyclic amines) is 1. The summed E-state index contributed by atoms with van der Waals surface area (Å²) in [5.41, 5.74) is 25.8. The van der Waals surface area contributed by atoms with Crippen LogP contribution in [0.3, 0.4) is 0 Å². The fourth-order valence-electron chi connectivity index (χ4n) is 8.40. The molecular formula is C49H46N8. The van der Waals surface area contributed by atoms with Crippen molar-refractivity contribution >= 4 is 55.2 Å². The number of hydrogen-bond acceptors (Lipinski definition) is 8. The standard InChI is InChI=1S/C49H46N8/c50-21-20-34-6-4-32(5-7-34)10-14-38-25-42-40-18-16-36(27-44(40)55-48(51)46(42)53-29-38)24-37-17-19-41-43-26-39(30-54-47(43)49(52)56-45(41)28-37)15-11-33-8-12-35(13-9-33)31-57-22-2-1-3-23-57/h4-9,12-13,16-19,25-30H,1-3,10-11,14-15,20,22-24,31H2,(H2,51,55)(H2,52,56). The molecule has 0 atom stereocenters. The molecule has 0 aliphatic carbocycles. The number of pyridine rings is 4. The molecule has 1 aliphatic rings. The van der Waals surface area contributed by atoms with E-state index in [1.54, 1.807) is 0 Å². The predicted octanol–water partition coefficient (Wildman–Crippen LogP) is 9.26. The molecule has 57 heavy (non-hydrogen) atoms. The number of hydrogen-bond donors (Lipinski definition) is 2. The van der Waals surface area contributed by atoms with Crippen molar-refractivity contribution in [1.82, 2.24) is 24.8 Å². The van der Waals surface area contributed by atoms with Gasteiger partial charge in [0.1, 0.15) is 11.0 Å². The molecule has 8 nitrogen and oxygen atoms in total. The number of benzene rings is 4. The monoisotopic (exact) mass is 746 g/mol. The lowest BCUT2D eigenvalue weighted by Gasteiger charge is -2.26. The summed E-state index contributed by atoms with van der Waals surface area (Å²) in [5.74, 6) is 0.880. The SMILES string of the molecule is N#CCc1ccc(CCc2cnc3c(N)nc4cc(Cc5ccc6c(c5)nc(N)c5ncc(CCc7ccc(CN8CCCCC8)cc7)cc56)ccc4c3c2)cc1. The zero-order valence-corrected chi connectivity index (χ0v) is 32.2. The van der Waals surface area contributed by atoms with E-state index in [0.29, 0.717) is 24.5 Å². The first-order valence-corrected chi connectivity index (χ1v) is 20.1. The number of aromatic nitrogens is 4. The van der Waals surface area contributed by atoms with Crippen molar-refractivity contribution in [3.8, 4) is 6.07 Å². The molecular weight excluding hydrogens is 701 g/mol. The summed E-state index contributed by atoms with van der Waals surface area (Å²) in [5, 5.41) is 13.1. The summed E-state index contributed by atoms with van der Waals surface area (Å²) in [4.78, 5) is 21.7. The first-order chi connectivity index (χ1) is 28.0. The molecule has 8 heteroatoms. The van der Waals surface area contributed by atoms with Gasteiger partial charge in [-0.1, -0.05) is 79.2 Å². The number of rotatable bonds is 11. The quantitative estimate of drug-likeness (QED) is 0.125. The van der Waals surface area contributed by atoms with E-state index in [1.807, 2.05) is 24.5 Å². The highest BCUT2D eigenvalue weighted by Gasteiger charge is 2.14. The van der Waals surface area contributed by atoms with Crippen LogP contribution in [0.5, 0.6) is 0 Å². The highest BCUT2D eigenvalue weighted by Crippen LogP contribution is 2.31. The van der Waals surface area contributed by atoms with Gasteiger partial charge in [0.25, 0.3) is 0 Å². The van der Waals surface area contributed by atoms with Crippen LogP contribution in [0, 0.1) is 11.3 Å². The Morgan fingerprint density at radius 3 is 1.47 bits per heavy atom. The Balaban J connectivity index is 0.911. The van der Waals surface area contributed by atoms with Gasteiger partial charge < -0.3 is 11.5 Å². The molecule has 9 rings (SSSR count). The Bertz CT molecular complexity index is 2780. The molecule has 4 aromatic carbocycles. The maximum absolute atomic E-state index is 8.97. The van der Waals surface area contributed by atoms with Gasteiger partial charge in [-0.05, 0) is 127 Å². The van der Waals surface area contributed by atoms with Crippen molar-refractivity contribution in [2.45, 2.75) is 64.3 Å². The van der Waals surface area contributed by atoms with Crippen molar-refractivity contribution in [3.63, 3.8) is 0 Å². The van der Waals surface area contributed by atoms with Gasteiger partial charge in [-0.2, -0.15) is 5.26 Å². The van der Waals surface area contributed by atoms with E-state index in [1.165, 1.54) is 54.6 Å². The number of aryl methyl sites for hydroxylation is 4. The fourth-order valence-corrected chi connectivity index (χ4v) is 8.40. The van der Waals surface area contributed by atoms with E-state index >= 15 is 0 Å². The van der Waals surface area contributed by atoms with E-state index in [0.717, 1.165) is 98.1 Å². The zero-order valence-electron chi connectivity index (χ0n) is 32.2. The third kappa shape index (κ3) is 7.98. The van der Waals surface area contributed by atoms with Crippen LogP contribution in [0.1, 0.15) is 63.8 Å². The maximum atomic E-state index is 8.97. The van der Waals surface area contributed by atoms with Gasteiger partial charge in [-0.3, -0.25) is 14.9 Å². The number of fused-ring (bicyclic) bond motifs is 6. The molecule has 0 spiro atoms. The van der Waals surface area contributed by atoms with Gasteiger partial charge in [0.2, 0.25) is 0 Å². The minimum Gasteiger partial charge on any atom is -0.382 e. The van der Waals surface area contributed by atoms with Crippen LogP contribution in [-0.2, 0) is 45.1 Å². The van der Waals surface area contributed by atoms with Crippen molar-refractivity contribution in [1.29, 1.82) is 5.26 Å². The molecule has 0 saturated carbocycles. The number of nitrogen functional groups attached to an aromatic ring is 2. The average Bonchev–Trinajstić information content (AvgIpc) is 3.23. The molecule has 0 amide bonds. The van der Waals surface area contributed by atoms with Gasteiger partial charge in [0.15, 0.2) is 11.6 Å². The molecule has 282 valence electrons. The number of anilines is 2. The lowest BCUT2D eigenvalue weighted by molar-refractivity contribution is 0.221. The Morgan fingerprint density at radius 1 is 0.509 bits per heavy atom. The van der Waals surface area contributed by atoms with Gasteiger partial charge >= 0.3 is 0 Å². The second-order valence-corrected chi connectivity index (χ2v) is 15.7. The van der Waals surface area contributed by atoms with Crippen molar-refractivity contribution < 1.29 is 0 Å². The first-order valence-electron chi connectivity index (χ1n) is 20.1. The number of nitrogens with zero attached hydrogens (tertiary/aromatic N) is 6. The van der Waals surface area contributed by atoms with Crippen molar-refractivity contribution in [2.75, 3.05) is 24.6 Å². The molecule has 0 radical (unpaired) electrons. The van der Waals surface area contributed by atoms with Crippen molar-refractivity contribution in [2.24, 2.45) is 0 Å². The fraction of sp³-hybridized carbons (Fsp3) is 0.245. The normalized spacial score (nSPS) is 13.5. The van der Waals surface area contributed by atoms with E-state index in [-0.39, 0.29) is 0 Å². The maximum Gasteiger partial charge on any atom is 0.150 e. The number of nitriles is 1. The lowest BCUT2D eigenvalue weighted by Crippen LogP contribution is -2.29. The average molecular weight is 747 g/mol. The summed E-state index contributed by atoms with van der Waals surface area (Å²) >= 11 is 0. The smallest absolute Gasteiger partial charge is 0.150 e. The van der Waals surface area contributed by atoms with Gasteiger partial charge in [-0.15, -0.1) is 0 Å². The van der Waals surface area contributed by atoms with Gasteiger partial charge in [0.05, 0.1) is 23.5 Å². The molecule has 8 aromatic rings. The van der Waals surface area contributed by atoms with E-state index in [9.17, 15) is 0 Å². The summed E-state index contributed by atoms with van der Waals surface area (Å²) in [6.07, 6.45) is 12.6. The van der Waals surface area contributed by atoms with E-state index < -0.39 is 0 Å². The Morgan fingerprint density at radius 2 is 0.965 bits per heavy atom. The summed E-state index contributed by atoms with van der Waals surface area (Å²) < 4.78 is 0. The highest BCUT2D eigenvalue weighted by atomic mass is 15.1. The molecule has 4 N–H and O–H groups in total. The largest absolute Gasteiger partial charge is 0.382 e. The predicted molar refractivity (Wildman–Crippen MR) is 232 cm³/mol. The summed E-state index contributed by atoms with van der Waals surface area (Å²) in [7, 11) is 0. The Kier molecular flexibility index (Phi) is 10.1. The Hall–Kier alpha value is -6.43. The van der Waals surface area contributed by atoms with E-state index in [2.05, 4.69) is 95.9 Å². The molecule has 1 saturated heterocycles. The molecule has 0 bridgehead atoms. The summed E-state index contributed by atoms with van der Waals surface area (Å²) in [6, 6.07) is 37.0. The summed E-state index contributed by atoms with van der Waals surface area (Å²) in [6.45, 7) is 3.48. The second-order valence-electron chi connectivity index (χ2n) is 15.7. The third-order valence-corrected chi connectivity index (χ3v) is 11.6. The van der Waals surface area contributed by atoms with Gasteiger partial charge in [0, 0.05) is 40.5 Å². The molecule has 5 heterocycles. The second kappa shape index (κ2) is 16.0. The third-order valence-electron chi connectivity index (χ3n) is 11.6. The van der Waals surface area contributed by atoms with Crippen molar-refractivity contribution in [3.05, 3.63) is 154 Å².